The zero-order valence-corrected chi connectivity index (χ0v) is 15.5. The summed E-state index contributed by atoms with van der Waals surface area (Å²) in [6.45, 7) is 0. The van der Waals surface area contributed by atoms with E-state index >= 15 is 0 Å². The highest BCUT2D eigenvalue weighted by atomic mass is 32.2. The molecule has 0 amide bonds. The van der Waals surface area contributed by atoms with Gasteiger partial charge in [0.25, 0.3) is 20.2 Å². The number of fused-ring (bicyclic) bond motifs is 1. The van der Waals surface area contributed by atoms with E-state index in [4.69, 9.17) is 5.73 Å². The van der Waals surface area contributed by atoms with Crippen molar-refractivity contribution < 1.29 is 31.0 Å². The lowest BCUT2D eigenvalue weighted by Gasteiger charge is -2.11. The van der Waals surface area contributed by atoms with Crippen LogP contribution in [-0.4, -0.2) is 31.0 Å². The molecule has 3 rings (SSSR count). The first kappa shape index (κ1) is 19.7. The second-order valence-corrected chi connectivity index (χ2v) is 8.45. The molecule has 5 N–H and O–H groups in total. The number of phenols is 1. The molecule has 0 saturated carbocycles. The average Bonchev–Trinajstić information content (AvgIpc) is 2.60. The van der Waals surface area contributed by atoms with Gasteiger partial charge in [-0.05, 0) is 35.7 Å². The van der Waals surface area contributed by atoms with Gasteiger partial charge in [0.1, 0.15) is 15.5 Å². The molecule has 0 atom stereocenters. The van der Waals surface area contributed by atoms with E-state index < -0.39 is 41.5 Å². The van der Waals surface area contributed by atoms with E-state index in [1.165, 1.54) is 0 Å². The molecule has 3 aromatic rings. The van der Waals surface area contributed by atoms with Crippen LogP contribution in [0.25, 0.3) is 10.8 Å². The maximum atomic E-state index is 11.8. The van der Waals surface area contributed by atoms with Crippen LogP contribution in [-0.2, 0) is 20.2 Å². The quantitative estimate of drug-likeness (QED) is 0.281. The Morgan fingerprint density at radius 2 is 1.39 bits per heavy atom. The van der Waals surface area contributed by atoms with Gasteiger partial charge in [-0.15, -0.1) is 5.11 Å². The minimum Gasteiger partial charge on any atom is -0.505 e. The summed E-state index contributed by atoms with van der Waals surface area (Å²) in [4.78, 5) is -1.48. The number of azo groups is 1. The molecule has 146 valence electrons. The Bertz CT molecular complexity index is 1320. The highest BCUT2D eigenvalue weighted by Gasteiger charge is 2.24. The standard InChI is InChI=1S/C16H13N3O7S2/c17-12-8-11-9(6-13(12)27(21,22)23)7-14(28(24,25)26)15(16(11)20)19-18-10-4-2-1-3-5-10/h1-8,20H,17H2,(H,21,22,23)(H,24,25,26). The third-order valence-electron chi connectivity index (χ3n) is 3.76. The van der Waals surface area contributed by atoms with E-state index in [1.807, 2.05) is 0 Å². The molecule has 0 unspecified atom stereocenters. The van der Waals surface area contributed by atoms with E-state index in [-0.39, 0.29) is 16.5 Å². The Balaban J connectivity index is 2.34. The lowest BCUT2D eigenvalue weighted by atomic mass is 10.1. The average molecular weight is 423 g/mol. The third kappa shape index (κ3) is 3.80. The Morgan fingerprint density at radius 3 is 1.96 bits per heavy atom. The first-order chi connectivity index (χ1) is 13.0. The molecule has 3 aromatic carbocycles. The fourth-order valence-corrected chi connectivity index (χ4v) is 3.80. The molecular formula is C16H13N3O7S2. The highest BCUT2D eigenvalue weighted by Crippen LogP contribution is 2.43. The molecule has 10 nitrogen and oxygen atoms in total. The molecule has 0 bridgehead atoms. The van der Waals surface area contributed by atoms with Crippen LogP contribution in [0.3, 0.4) is 0 Å². The second-order valence-electron chi connectivity index (χ2n) is 5.67. The van der Waals surface area contributed by atoms with Gasteiger partial charge in [-0.3, -0.25) is 9.11 Å². The molecule has 0 saturated heterocycles. The molecule has 0 heterocycles. The molecule has 0 aliphatic heterocycles. The molecule has 0 radical (unpaired) electrons. The second kappa shape index (κ2) is 6.83. The van der Waals surface area contributed by atoms with Crippen LogP contribution in [0.1, 0.15) is 0 Å². The summed E-state index contributed by atoms with van der Waals surface area (Å²) >= 11 is 0. The Morgan fingerprint density at radius 1 is 0.821 bits per heavy atom. The number of aromatic hydroxyl groups is 1. The van der Waals surface area contributed by atoms with Gasteiger partial charge in [-0.1, -0.05) is 18.2 Å². The van der Waals surface area contributed by atoms with Crippen LogP contribution in [0, 0.1) is 0 Å². The molecule has 0 aromatic heterocycles. The molecule has 0 aliphatic carbocycles. The summed E-state index contributed by atoms with van der Waals surface area (Å²) in [7, 11) is -9.57. The number of anilines is 1. The number of hydrogen-bond donors (Lipinski definition) is 4. The van der Waals surface area contributed by atoms with Gasteiger partial charge in [0, 0.05) is 5.39 Å². The maximum Gasteiger partial charge on any atom is 0.296 e. The van der Waals surface area contributed by atoms with Crippen LogP contribution in [0.2, 0.25) is 0 Å². The summed E-state index contributed by atoms with van der Waals surface area (Å²) in [5.74, 6) is -0.696. The van der Waals surface area contributed by atoms with Crippen LogP contribution in [0.5, 0.6) is 5.75 Å². The van der Waals surface area contributed by atoms with Gasteiger partial charge in [-0.25, -0.2) is 0 Å². The van der Waals surface area contributed by atoms with E-state index in [1.54, 1.807) is 30.3 Å². The van der Waals surface area contributed by atoms with Crippen molar-refractivity contribution in [3.63, 3.8) is 0 Å². The van der Waals surface area contributed by atoms with Crippen LogP contribution < -0.4 is 5.73 Å². The minimum atomic E-state index is -4.87. The monoisotopic (exact) mass is 423 g/mol. The van der Waals surface area contributed by atoms with Gasteiger partial charge in [0.05, 0.1) is 11.4 Å². The minimum absolute atomic E-state index is 0.0562. The summed E-state index contributed by atoms with van der Waals surface area (Å²) in [6, 6.07) is 11.0. The van der Waals surface area contributed by atoms with Crippen LogP contribution >= 0.6 is 0 Å². The van der Waals surface area contributed by atoms with E-state index in [0.717, 1.165) is 18.2 Å². The Kier molecular flexibility index (Phi) is 4.81. The number of nitrogens with zero attached hydrogens (tertiary/aromatic N) is 2. The van der Waals surface area contributed by atoms with Gasteiger partial charge < -0.3 is 10.8 Å². The molecule has 0 fully saturated rings. The number of nitrogen functional groups attached to an aromatic ring is 1. The van der Waals surface area contributed by atoms with Crippen LogP contribution in [0.15, 0.2) is 68.6 Å². The normalized spacial score (nSPS) is 12.6. The summed E-state index contributed by atoms with van der Waals surface area (Å²) in [5.41, 5.74) is 5.02. The zero-order chi connectivity index (χ0) is 20.7. The first-order valence-corrected chi connectivity index (χ1v) is 10.4. The van der Waals surface area contributed by atoms with Gasteiger partial charge in [0.15, 0.2) is 5.75 Å². The van der Waals surface area contributed by atoms with Gasteiger partial charge in [0.2, 0.25) is 0 Å². The van der Waals surface area contributed by atoms with Crippen molar-refractivity contribution >= 4 is 48.1 Å². The summed E-state index contributed by atoms with van der Waals surface area (Å²) in [5, 5.41) is 17.9. The molecule has 0 spiro atoms. The highest BCUT2D eigenvalue weighted by molar-refractivity contribution is 7.86. The fraction of sp³-hybridized carbons (Fsp3) is 0. The van der Waals surface area contributed by atoms with Crippen molar-refractivity contribution in [2.45, 2.75) is 9.79 Å². The maximum absolute atomic E-state index is 11.8. The van der Waals surface area contributed by atoms with Crippen molar-refractivity contribution in [3.05, 3.63) is 48.5 Å². The smallest absolute Gasteiger partial charge is 0.296 e. The van der Waals surface area contributed by atoms with Crippen molar-refractivity contribution in [2.75, 3.05) is 5.73 Å². The Labute approximate surface area is 159 Å². The third-order valence-corrected chi connectivity index (χ3v) is 5.54. The molecule has 12 heteroatoms. The van der Waals surface area contributed by atoms with E-state index in [2.05, 4.69) is 10.2 Å². The lowest BCUT2D eigenvalue weighted by Crippen LogP contribution is -2.04. The lowest BCUT2D eigenvalue weighted by molar-refractivity contribution is 0.472. The van der Waals surface area contributed by atoms with Crippen molar-refractivity contribution in [3.8, 4) is 5.75 Å². The van der Waals surface area contributed by atoms with E-state index in [9.17, 15) is 31.0 Å². The molecular weight excluding hydrogens is 410 g/mol. The number of phenolic OH excluding ortho intramolecular Hbond substituents is 1. The zero-order valence-electron chi connectivity index (χ0n) is 13.9. The number of benzene rings is 3. The van der Waals surface area contributed by atoms with Gasteiger partial charge in [-0.2, -0.15) is 21.9 Å². The molecule has 28 heavy (non-hydrogen) atoms. The van der Waals surface area contributed by atoms with Crippen molar-refractivity contribution in [2.24, 2.45) is 10.2 Å². The van der Waals surface area contributed by atoms with Gasteiger partial charge >= 0.3 is 0 Å². The SMILES string of the molecule is Nc1cc2c(O)c(N=Nc3ccccc3)c(S(=O)(=O)O)cc2cc1S(=O)(=O)O. The number of nitrogens with two attached hydrogens (primary N) is 1. The first-order valence-electron chi connectivity index (χ1n) is 7.49. The fourth-order valence-electron chi connectivity index (χ4n) is 2.51. The summed E-state index contributed by atoms with van der Waals surface area (Å²) in [6.07, 6.45) is 0. The molecule has 0 aliphatic rings. The number of hydrogen-bond acceptors (Lipinski definition) is 8. The Hall–Kier alpha value is -3.06. The van der Waals surface area contributed by atoms with Crippen molar-refractivity contribution in [1.82, 2.24) is 0 Å². The van der Waals surface area contributed by atoms with E-state index in [0.29, 0.717) is 5.69 Å². The number of rotatable bonds is 4. The van der Waals surface area contributed by atoms with Crippen molar-refractivity contribution in [1.29, 1.82) is 0 Å². The topological polar surface area (TPSA) is 180 Å². The summed E-state index contributed by atoms with van der Waals surface area (Å²) < 4.78 is 65.0. The largest absolute Gasteiger partial charge is 0.505 e. The predicted molar refractivity (Wildman–Crippen MR) is 100 cm³/mol. The predicted octanol–water partition coefficient (Wildman–Crippen LogP) is 3.04. The van der Waals surface area contributed by atoms with Crippen LogP contribution in [0.4, 0.5) is 17.1 Å².